The molecule has 0 radical (unpaired) electrons. The Balaban J connectivity index is 1.39. The number of hydrogen-bond donors (Lipinski definition) is 1. The van der Waals surface area contributed by atoms with Crippen molar-refractivity contribution in [1.82, 2.24) is 15.1 Å². The van der Waals surface area contributed by atoms with Gasteiger partial charge in [-0.15, -0.1) is 0 Å². The molecule has 6 nitrogen and oxygen atoms in total. The van der Waals surface area contributed by atoms with Crippen LogP contribution in [-0.4, -0.2) is 73.4 Å². The zero-order chi connectivity index (χ0) is 18.4. The average Bonchev–Trinajstić information content (AvgIpc) is 3.04. The fourth-order valence-corrected chi connectivity index (χ4v) is 3.64. The first-order valence-corrected chi connectivity index (χ1v) is 9.61. The lowest BCUT2D eigenvalue weighted by atomic mass is 10.1. The molecule has 1 N–H and O–H groups in total. The van der Waals surface area contributed by atoms with E-state index >= 15 is 0 Å². The fourth-order valence-electron chi connectivity index (χ4n) is 3.64. The van der Waals surface area contributed by atoms with Gasteiger partial charge < -0.3 is 15.0 Å². The van der Waals surface area contributed by atoms with Crippen LogP contribution in [0.1, 0.15) is 36.5 Å². The van der Waals surface area contributed by atoms with Crippen LogP contribution in [0.4, 0.5) is 0 Å². The van der Waals surface area contributed by atoms with Crippen LogP contribution in [0, 0.1) is 0 Å². The van der Waals surface area contributed by atoms with E-state index < -0.39 is 0 Å². The molecule has 2 aliphatic rings. The van der Waals surface area contributed by atoms with Crippen LogP contribution in [0.15, 0.2) is 24.3 Å². The summed E-state index contributed by atoms with van der Waals surface area (Å²) in [6.45, 7) is 7.17. The molecule has 2 aliphatic heterocycles. The third-order valence-electron chi connectivity index (χ3n) is 5.21. The SMILES string of the molecule is CC1CCCN1CCCOc1ccc(C(=O)CN2CCNC(=O)C2)cc1. The van der Waals surface area contributed by atoms with E-state index in [4.69, 9.17) is 4.74 Å². The van der Waals surface area contributed by atoms with Gasteiger partial charge in [-0.2, -0.15) is 0 Å². The number of ketones is 1. The van der Waals surface area contributed by atoms with Gasteiger partial charge in [-0.05, 0) is 57.0 Å². The maximum atomic E-state index is 12.3. The molecule has 0 spiro atoms. The first-order chi connectivity index (χ1) is 12.6. The first-order valence-electron chi connectivity index (χ1n) is 9.61. The molecule has 6 heteroatoms. The molecule has 2 saturated heterocycles. The number of benzene rings is 1. The molecule has 3 rings (SSSR count). The molecule has 0 bridgehead atoms. The second-order valence-electron chi connectivity index (χ2n) is 7.24. The Kier molecular flexibility index (Phi) is 6.63. The van der Waals surface area contributed by atoms with E-state index in [0.717, 1.165) is 18.7 Å². The fraction of sp³-hybridized carbons (Fsp3) is 0.600. The van der Waals surface area contributed by atoms with Crippen LogP contribution in [0.3, 0.4) is 0 Å². The van der Waals surface area contributed by atoms with Gasteiger partial charge in [-0.3, -0.25) is 14.5 Å². The Labute approximate surface area is 155 Å². The van der Waals surface area contributed by atoms with E-state index in [2.05, 4.69) is 17.1 Å². The van der Waals surface area contributed by atoms with Crippen LogP contribution >= 0.6 is 0 Å². The number of Topliss-reactive ketones (excluding diaryl/α,β-unsaturated/α-hetero) is 1. The topological polar surface area (TPSA) is 61.9 Å². The summed E-state index contributed by atoms with van der Waals surface area (Å²) in [6, 6.07) is 8.03. The number of hydrogen-bond acceptors (Lipinski definition) is 5. The van der Waals surface area contributed by atoms with Crippen LogP contribution in [0.25, 0.3) is 0 Å². The molecule has 1 aromatic carbocycles. The number of rotatable bonds is 8. The van der Waals surface area contributed by atoms with E-state index in [1.165, 1.54) is 19.4 Å². The number of carbonyl (C=O) groups is 2. The highest BCUT2D eigenvalue weighted by molar-refractivity contribution is 5.98. The van der Waals surface area contributed by atoms with Crippen molar-refractivity contribution in [2.75, 3.05) is 45.9 Å². The molecule has 1 unspecified atom stereocenters. The van der Waals surface area contributed by atoms with Crippen molar-refractivity contribution in [3.8, 4) is 5.75 Å². The monoisotopic (exact) mass is 359 g/mol. The molecule has 0 aromatic heterocycles. The number of likely N-dealkylation sites (tertiary alicyclic amines) is 1. The lowest BCUT2D eigenvalue weighted by Gasteiger charge is -2.25. The molecule has 26 heavy (non-hydrogen) atoms. The number of nitrogens with one attached hydrogen (secondary N) is 1. The third-order valence-corrected chi connectivity index (χ3v) is 5.21. The third kappa shape index (κ3) is 5.29. The second-order valence-corrected chi connectivity index (χ2v) is 7.24. The highest BCUT2D eigenvalue weighted by atomic mass is 16.5. The van der Waals surface area contributed by atoms with E-state index in [0.29, 0.717) is 37.8 Å². The Hall–Kier alpha value is -1.92. The van der Waals surface area contributed by atoms with Gasteiger partial charge in [-0.1, -0.05) is 0 Å². The Morgan fingerprint density at radius 2 is 2.08 bits per heavy atom. The summed E-state index contributed by atoms with van der Waals surface area (Å²) in [6.07, 6.45) is 3.63. The summed E-state index contributed by atoms with van der Waals surface area (Å²) in [5.74, 6) is 0.818. The molecule has 1 atom stereocenters. The van der Waals surface area contributed by atoms with Crippen LogP contribution in [0.2, 0.25) is 0 Å². The van der Waals surface area contributed by atoms with Gasteiger partial charge in [-0.25, -0.2) is 0 Å². The molecular weight excluding hydrogens is 330 g/mol. The van der Waals surface area contributed by atoms with Gasteiger partial charge in [0.1, 0.15) is 5.75 Å². The average molecular weight is 359 g/mol. The Morgan fingerprint density at radius 1 is 1.27 bits per heavy atom. The predicted molar refractivity (Wildman–Crippen MR) is 101 cm³/mol. The van der Waals surface area contributed by atoms with Crippen molar-refractivity contribution >= 4 is 11.7 Å². The van der Waals surface area contributed by atoms with Crippen molar-refractivity contribution in [1.29, 1.82) is 0 Å². The maximum absolute atomic E-state index is 12.3. The normalized spacial score (nSPS) is 21.6. The largest absolute Gasteiger partial charge is 0.494 e. The van der Waals surface area contributed by atoms with Crippen LogP contribution in [-0.2, 0) is 4.79 Å². The molecule has 2 heterocycles. The van der Waals surface area contributed by atoms with Crippen LogP contribution < -0.4 is 10.1 Å². The van der Waals surface area contributed by atoms with E-state index in [-0.39, 0.29) is 18.2 Å². The summed E-state index contributed by atoms with van der Waals surface area (Å²) in [4.78, 5) is 28.1. The minimum absolute atomic E-state index is 0.0175. The quantitative estimate of drug-likeness (QED) is 0.564. The lowest BCUT2D eigenvalue weighted by Crippen LogP contribution is -2.49. The highest BCUT2D eigenvalue weighted by Gasteiger charge is 2.20. The molecule has 1 amide bonds. The minimum Gasteiger partial charge on any atom is -0.494 e. The van der Waals surface area contributed by atoms with Gasteiger partial charge in [0.05, 0.1) is 19.7 Å². The van der Waals surface area contributed by atoms with Gasteiger partial charge in [0.25, 0.3) is 0 Å². The van der Waals surface area contributed by atoms with Crippen molar-refractivity contribution in [3.05, 3.63) is 29.8 Å². The number of amides is 1. The highest BCUT2D eigenvalue weighted by Crippen LogP contribution is 2.17. The molecule has 1 aromatic rings. The minimum atomic E-state index is -0.0175. The zero-order valence-electron chi connectivity index (χ0n) is 15.6. The Bertz CT molecular complexity index is 617. The lowest BCUT2D eigenvalue weighted by molar-refractivity contribution is -0.123. The second kappa shape index (κ2) is 9.14. The summed E-state index contributed by atoms with van der Waals surface area (Å²) >= 11 is 0. The summed E-state index contributed by atoms with van der Waals surface area (Å²) in [7, 11) is 0. The van der Waals surface area contributed by atoms with Gasteiger partial charge in [0.15, 0.2) is 5.78 Å². The van der Waals surface area contributed by atoms with Crippen molar-refractivity contribution in [2.45, 2.75) is 32.2 Å². The first kappa shape index (κ1) is 18.9. The van der Waals surface area contributed by atoms with E-state index in [1.54, 1.807) is 0 Å². The summed E-state index contributed by atoms with van der Waals surface area (Å²) in [5, 5.41) is 2.77. The van der Waals surface area contributed by atoms with Crippen molar-refractivity contribution < 1.29 is 14.3 Å². The van der Waals surface area contributed by atoms with E-state index in [9.17, 15) is 9.59 Å². The zero-order valence-corrected chi connectivity index (χ0v) is 15.6. The molecule has 0 saturated carbocycles. The smallest absolute Gasteiger partial charge is 0.234 e. The number of nitrogens with zero attached hydrogens (tertiary/aromatic N) is 2. The van der Waals surface area contributed by atoms with Crippen LogP contribution in [0.5, 0.6) is 5.75 Å². The van der Waals surface area contributed by atoms with E-state index in [1.807, 2.05) is 29.2 Å². The molecular formula is C20H29N3O3. The molecule has 2 fully saturated rings. The maximum Gasteiger partial charge on any atom is 0.234 e. The van der Waals surface area contributed by atoms with Gasteiger partial charge in [0.2, 0.25) is 5.91 Å². The summed E-state index contributed by atoms with van der Waals surface area (Å²) < 4.78 is 5.80. The van der Waals surface area contributed by atoms with Crippen molar-refractivity contribution in [3.63, 3.8) is 0 Å². The van der Waals surface area contributed by atoms with Crippen molar-refractivity contribution in [2.24, 2.45) is 0 Å². The standard InChI is InChI=1S/C20H29N3O3/c1-16-4-2-10-23(16)11-3-13-26-18-7-5-17(6-8-18)19(24)14-22-12-9-21-20(25)15-22/h5-8,16H,2-4,9-15H2,1H3,(H,21,25). The number of carbonyl (C=O) groups excluding carboxylic acids is 2. The summed E-state index contributed by atoms with van der Waals surface area (Å²) in [5.41, 5.74) is 0.661. The van der Waals surface area contributed by atoms with Gasteiger partial charge >= 0.3 is 0 Å². The molecule has 0 aliphatic carbocycles. The molecule has 142 valence electrons. The Morgan fingerprint density at radius 3 is 2.77 bits per heavy atom. The number of ether oxygens (including phenoxy) is 1. The van der Waals surface area contributed by atoms with Gasteiger partial charge in [0, 0.05) is 31.2 Å². The number of piperazine rings is 1. The predicted octanol–water partition coefficient (Wildman–Crippen LogP) is 1.55.